The van der Waals surface area contributed by atoms with Crippen molar-refractivity contribution in [1.82, 2.24) is 9.55 Å². The molecule has 0 amide bonds. The number of carbonyl (C=O) groups is 1. The van der Waals surface area contributed by atoms with Crippen LogP contribution in [0.25, 0.3) is 10.9 Å². The van der Waals surface area contributed by atoms with E-state index in [1.807, 2.05) is 19.1 Å². The number of hydrogen-bond acceptors (Lipinski definition) is 2. The molecule has 0 spiro atoms. The van der Waals surface area contributed by atoms with Gasteiger partial charge < -0.3 is 4.57 Å². The maximum atomic E-state index is 11.9. The summed E-state index contributed by atoms with van der Waals surface area (Å²) in [6.45, 7) is 5.94. The Labute approximate surface area is 93.4 Å². The summed E-state index contributed by atoms with van der Waals surface area (Å²) >= 11 is 0. The second-order valence-corrected chi connectivity index (χ2v) is 4.32. The third-order valence-electron chi connectivity index (χ3n) is 3.18. The van der Waals surface area contributed by atoms with Crippen LogP contribution in [0.2, 0.25) is 0 Å². The third-order valence-corrected chi connectivity index (χ3v) is 3.18. The zero-order chi connectivity index (χ0) is 11.3. The number of aromatic nitrogens is 2. The highest BCUT2D eigenvalue weighted by Gasteiger charge is 2.31. The predicted molar refractivity (Wildman–Crippen MR) is 62.5 cm³/mol. The highest BCUT2D eigenvalue weighted by molar-refractivity contribution is 6.02. The predicted octanol–water partition coefficient (Wildman–Crippen LogP) is 2.74. The van der Waals surface area contributed by atoms with E-state index >= 15 is 0 Å². The molecule has 1 aliphatic rings. The molecule has 0 radical (unpaired) electrons. The average molecular weight is 212 g/mol. The lowest BCUT2D eigenvalue weighted by Gasteiger charge is -2.13. The van der Waals surface area contributed by atoms with Gasteiger partial charge in [0.15, 0.2) is 5.78 Å². The molecule has 0 fully saturated rings. The number of carbonyl (C=O) groups excluding carboxylic acids is 1. The average Bonchev–Trinajstić information content (AvgIpc) is 2.77. The molecule has 2 aromatic heterocycles. The van der Waals surface area contributed by atoms with Crippen molar-refractivity contribution in [2.24, 2.45) is 0 Å². The van der Waals surface area contributed by atoms with Crippen LogP contribution in [0.3, 0.4) is 0 Å². The summed E-state index contributed by atoms with van der Waals surface area (Å²) in [6, 6.07) is 3.99. The van der Waals surface area contributed by atoms with E-state index in [0.717, 1.165) is 22.2 Å². The first-order chi connectivity index (χ1) is 7.68. The maximum absolute atomic E-state index is 11.9. The first kappa shape index (κ1) is 9.33. The van der Waals surface area contributed by atoms with Crippen LogP contribution in [0.15, 0.2) is 36.7 Å². The van der Waals surface area contributed by atoms with Gasteiger partial charge in [0, 0.05) is 24.2 Å². The van der Waals surface area contributed by atoms with Crippen molar-refractivity contribution in [3.8, 4) is 0 Å². The maximum Gasteiger partial charge on any atom is 0.181 e. The first-order valence-corrected chi connectivity index (χ1v) is 5.32. The summed E-state index contributed by atoms with van der Waals surface area (Å²) < 4.78 is 2.08. The van der Waals surface area contributed by atoms with E-state index in [1.54, 1.807) is 12.4 Å². The molecule has 1 atom stereocenters. The van der Waals surface area contributed by atoms with Gasteiger partial charge in [0.1, 0.15) is 0 Å². The van der Waals surface area contributed by atoms with E-state index in [9.17, 15) is 4.79 Å². The summed E-state index contributed by atoms with van der Waals surface area (Å²) in [5, 5.41) is 1.02. The van der Waals surface area contributed by atoms with Gasteiger partial charge in [0.2, 0.25) is 0 Å². The molecule has 2 aromatic rings. The van der Waals surface area contributed by atoms with Crippen LogP contribution in [-0.2, 0) is 0 Å². The zero-order valence-corrected chi connectivity index (χ0v) is 9.10. The summed E-state index contributed by atoms with van der Waals surface area (Å²) in [5.41, 5.74) is 2.89. The third kappa shape index (κ3) is 1.08. The molecule has 80 valence electrons. The number of nitrogens with zero attached hydrogens (tertiary/aromatic N) is 2. The lowest BCUT2D eigenvalue weighted by molar-refractivity contribution is 0.0991. The largest absolute Gasteiger partial charge is 0.330 e. The minimum atomic E-state index is 0.113. The van der Waals surface area contributed by atoms with Gasteiger partial charge >= 0.3 is 0 Å². The molecular formula is C13H12N2O. The van der Waals surface area contributed by atoms with E-state index in [-0.39, 0.29) is 11.8 Å². The summed E-state index contributed by atoms with van der Waals surface area (Å²) in [6.07, 6.45) is 4.10. The molecule has 1 aliphatic heterocycles. The molecular weight excluding hydrogens is 200 g/mol. The molecule has 0 saturated carbocycles. The number of allylic oxidation sites excluding steroid dienone is 1. The van der Waals surface area contributed by atoms with Gasteiger partial charge in [-0.05, 0) is 19.1 Å². The van der Waals surface area contributed by atoms with Crippen molar-refractivity contribution in [3.05, 3.63) is 42.4 Å². The number of rotatable bonds is 1. The summed E-state index contributed by atoms with van der Waals surface area (Å²) in [4.78, 5) is 15.9. The number of ketones is 1. The van der Waals surface area contributed by atoms with Crippen molar-refractivity contribution in [3.63, 3.8) is 0 Å². The minimum absolute atomic E-state index is 0.113. The number of Topliss-reactive ketones (excluding diaryl/α,β-unsaturated/α-hetero) is 1. The lowest BCUT2D eigenvalue weighted by atomic mass is 10.1. The molecule has 3 rings (SSSR count). The van der Waals surface area contributed by atoms with Gasteiger partial charge in [-0.2, -0.15) is 0 Å². The van der Waals surface area contributed by atoms with Crippen molar-refractivity contribution in [1.29, 1.82) is 0 Å². The molecule has 0 aromatic carbocycles. The summed E-state index contributed by atoms with van der Waals surface area (Å²) in [5.74, 6) is 0.198. The van der Waals surface area contributed by atoms with Gasteiger partial charge in [-0.25, -0.2) is 0 Å². The van der Waals surface area contributed by atoms with Crippen molar-refractivity contribution >= 4 is 16.7 Å². The topological polar surface area (TPSA) is 34.9 Å². The van der Waals surface area contributed by atoms with Gasteiger partial charge in [-0.15, -0.1) is 0 Å². The highest BCUT2D eigenvalue weighted by atomic mass is 16.1. The van der Waals surface area contributed by atoms with Gasteiger partial charge in [-0.3, -0.25) is 9.78 Å². The zero-order valence-electron chi connectivity index (χ0n) is 9.10. The van der Waals surface area contributed by atoms with Crippen LogP contribution in [0.1, 0.15) is 29.9 Å². The molecule has 16 heavy (non-hydrogen) atoms. The molecule has 1 unspecified atom stereocenters. The van der Waals surface area contributed by atoms with E-state index in [4.69, 9.17) is 0 Å². The van der Waals surface area contributed by atoms with Gasteiger partial charge in [-0.1, -0.05) is 12.2 Å². The number of hydrogen-bond donors (Lipinski definition) is 0. The number of pyridine rings is 1. The second kappa shape index (κ2) is 3.04. The van der Waals surface area contributed by atoms with Gasteiger partial charge in [0.05, 0.1) is 17.3 Å². The van der Waals surface area contributed by atoms with E-state index in [2.05, 4.69) is 16.1 Å². The fourth-order valence-corrected chi connectivity index (χ4v) is 2.39. The Hall–Kier alpha value is -1.90. The van der Waals surface area contributed by atoms with E-state index in [0.29, 0.717) is 6.42 Å². The van der Waals surface area contributed by atoms with Crippen LogP contribution in [0.5, 0.6) is 0 Å². The quantitative estimate of drug-likeness (QED) is 0.681. The normalized spacial score (nSPS) is 19.1. The van der Waals surface area contributed by atoms with Crippen LogP contribution >= 0.6 is 0 Å². The molecule has 0 aliphatic carbocycles. The van der Waals surface area contributed by atoms with E-state index < -0.39 is 0 Å². The Morgan fingerprint density at radius 1 is 1.62 bits per heavy atom. The van der Waals surface area contributed by atoms with Crippen molar-refractivity contribution in [2.75, 3.05) is 0 Å². The molecule has 3 nitrogen and oxygen atoms in total. The highest BCUT2D eigenvalue weighted by Crippen LogP contribution is 2.35. The van der Waals surface area contributed by atoms with Crippen LogP contribution in [0.4, 0.5) is 0 Å². The monoisotopic (exact) mass is 212 g/mol. The Morgan fingerprint density at radius 3 is 3.19 bits per heavy atom. The smallest absolute Gasteiger partial charge is 0.181 e. The van der Waals surface area contributed by atoms with Crippen LogP contribution in [0, 0.1) is 0 Å². The Morgan fingerprint density at radius 2 is 2.44 bits per heavy atom. The molecule has 3 heterocycles. The lowest BCUT2D eigenvalue weighted by Crippen LogP contribution is -2.03. The second-order valence-electron chi connectivity index (χ2n) is 4.32. The van der Waals surface area contributed by atoms with Crippen molar-refractivity contribution in [2.45, 2.75) is 19.4 Å². The standard InChI is InChI=1S/C13H12N2O/c1-8(2)11-6-13(16)12-5-9-7-14-4-3-10(9)15(11)12/h3-5,7,11H,1,6H2,2H3. The van der Waals surface area contributed by atoms with Gasteiger partial charge in [0.25, 0.3) is 0 Å². The van der Waals surface area contributed by atoms with Crippen LogP contribution < -0.4 is 0 Å². The van der Waals surface area contributed by atoms with Crippen LogP contribution in [-0.4, -0.2) is 15.3 Å². The molecule has 3 heteroatoms. The van der Waals surface area contributed by atoms with Crippen molar-refractivity contribution < 1.29 is 4.79 Å². The Bertz CT molecular complexity index is 609. The Balaban J connectivity index is 2.35. The number of fused-ring (bicyclic) bond motifs is 3. The fraction of sp³-hybridized carbons (Fsp3) is 0.231. The molecule has 0 N–H and O–H groups in total. The SMILES string of the molecule is C=C(C)C1CC(=O)c2cc3cnccc3n21. The first-order valence-electron chi connectivity index (χ1n) is 5.32. The minimum Gasteiger partial charge on any atom is -0.330 e. The molecule has 0 bridgehead atoms. The Kier molecular flexibility index (Phi) is 1.78. The summed E-state index contributed by atoms with van der Waals surface area (Å²) in [7, 11) is 0. The fourth-order valence-electron chi connectivity index (χ4n) is 2.39. The van der Waals surface area contributed by atoms with E-state index in [1.165, 1.54) is 0 Å². The molecule has 0 saturated heterocycles.